The summed E-state index contributed by atoms with van der Waals surface area (Å²) >= 11 is 0. The number of rotatable bonds is 5. The number of nitrogens with one attached hydrogen (secondary N) is 1. The van der Waals surface area contributed by atoms with Gasteiger partial charge in [0.05, 0.1) is 31.3 Å². The minimum Gasteiger partial charge on any atom is -0.379 e. The number of carbonyl (C=O) groups is 1. The van der Waals surface area contributed by atoms with Crippen molar-refractivity contribution in [2.45, 2.75) is 6.42 Å². The van der Waals surface area contributed by atoms with Gasteiger partial charge in [0.2, 0.25) is 0 Å². The van der Waals surface area contributed by atoms with Crippen molar-refractivity contribution in [1.29, 1.82) is 0 Å². The van der Waals surface area contributed by atoms with E-state index in [1.165, 1.54) is 0 Å². The molecule has 0 saturated carbocycles. The summed E-state index contributed by atoms with van der Waals surface area (Å²) < 4.78 is 7.20. The summed E-state index contributed by atoms with van der Waals surface area (Å²) in [7, 11) is 0. The van der Waals surface area contributed by atoms with Crippen LogP contribution in [0.25, 0.3) is 5.52 Å². The molecule has 1 fully saturated rings. The topological polar surface area (TPSA) is 58.9 Å². The van der Waals surface area contributed by atoms with E-state index in [2.05, 4.69) is 15.2 Å². The van der Waals surface area contributed by atoms with Gasteiger partial charge < -0.3 is 14.5 Å². The lowest BCUT2D eigenvalue weighted by molar-refractivity contribution is 0.0374. The van der Waals surface area contributed by atoms with Gasteiger partial charge in [0, 0.05) is 31.4 Å². The monoisotopic (exact) mass is 288 g/mol. The van der Waals surface area contributed by atoms with Crippen LogP contribution in [0.2, 0.25) is 0 Å². The van der Waals surface area contributed by atoms with Crippen LogP contribution in [0, 0.1) is 0 Å². The average molecular weight is 288 g/mol. The summed E-state index contributed by atoms with van der Waals surface area (Å²) in [6, 6.07) is 3.66. The largest absolute Gasteiger partial charge is 0.379 e. The SMILES string of the molecule is O=C(NCCCN1CCOCC1)c1ccn2cncc2c1. The molecule has 1 saturated heterocycles. The van der Waals surface area contributed by atoms with Crippen molar-refractivity contribution in [3.05, 3.63) is 36.4 Å². The van der Waals surface area contributed by atoms with Gasteiger partial charge in [-0.1, -0.05) is 0 Å². The number of ether oxygens (including phenoxy) is 1. The lowest BCUT2D eigenvalue weighted by atomic mass is 10.2. The highest BCUT2D eigenvalue weighted by Gasteiger charge is 2.10. The molecule has 6 heteroatoms. The molecule has 1 N–H and O–H groups in total. The van der Waals surface area contributed by atoms with Gasteiger partial charge in [-0.25, -0.2) is 4.98 Å². The first kappa shape index (κ1) is 14.0. The summed E-state index contributed by atoms with van der Waals surface area (Å²) in [5.41, 5.74) is 1.60. The summed E-state index contributed by atoms with van der Waals surface area (Å²) in [5, 5.41) is 2.97. The van der Waals surface area contributed by atoms with E-state index in [0.717, 1.165) is 44.8 Å². The van der Waals surface area contributed by atoms with Gasteiger partial charge in [-0.05, 0) is 25.1 Å². The van der Waals surface area contributed by atoms with Crippen LogP contribution in [-0.4, -0.2) is 59.6 Å². The number of fused-ring (bicyclic) bond motifs is 1. The Bertz CT molecular complexity index is 604. The zero-order valence-corrected chi connectivity index (χ0v) is 12.0. The second kappa shape index (κ2) is 6.69. The van der Waals surface area contributed by atoms with Crippen LogP contribution in [0.5, 0.6) is 0 Å². The van der Waals surface area contributed by atoms with Gasteiger partial charge in [0.15, 0.2) is 0 Å². The molecule has 0 unspecified atom stereocenters. The van der Waals surface area contributed by atoms with Gasteiger partial charge in [0.25, 0.3) is 5.91 Å². The number of morpholine rings is 1. The lowest BCUT2D eigenvalue weighted by Crippen LogP contribution is -2.38. The maximum Gasteiger partial charge on any atom is 0.251 e. The molecule has 0 radical (unpaired) electrons. The van der Waals surface area contributed by atoms with Crippen LogP contribution in [-0.2, 0) is 4.74 Å². The second-order valence-corrected chi connectivity index (χ2v) is 5.20. The van der Waals surface area contributed by atoms with Gasteiger partial charge in [0.1, 0.15) is 0 Å². The molecule has 0 spiro atoms. The normalized spacial score (nSPS) is 16.2. The predicted molar refractivity (Wildman–Crippen MR) is 79.4 cm³/mol. The van der Waals surface area contributed by atoms with Crippen LogP contribution < -0.4 is 5.32 Å². The molecule has 3 heterocycles. The first-order valence-corrected chi connectivity index (χ1v) is 7.33. The van der Waals surface area contributed by atoms with Gasteiger partial charge in [-0.15, -0.1) is 0 Å². The molecule has 0 atom stereocenters. The van der Waals surface area contributed by atoms with E-state index < -0.39 is 0 Å². The molecule has 1 amide bonds. The highest BCUT2D eigenvalue weighted by Crippen LogP contribution is 2.06. The van der Waals surface area contributed by atoms with Gasteiger partial charge in [-0.2, -0.15) is 0 Å². The van der Waals surface area contributed by atoms with E-state index in [9.17, 15) is 4.79 Å². The predicted octanol–water partition coefficient (Wildman–Crippen LogP) is 0.786. The van der Waals surface area contributed by atoms with Crippen LogP contribution in [0.3, 0.4) is 0 Å². The fourth-order valence-electron chi connectivity index (χ4n) is 2.49. The molecule has 2 aromatic rings. The third-order valence-electron chi connectivity index (χ3n) is 3.72. The number of hydrogen-bond acceptors (Lipinski definition) is 4. The zero-order valence-electron chi connectivity index (χ0n) is 12.0. The van der Waals surface area contributed by atoms with Crippen molar-refractivity contribution >= 4 is 11.4 Å². The van der Waals surface area contributed by atoms with Crippen molar-refractivity contribution in [2.24, 2.45) is 0 Å². The smallest absolute Gasteiger partial charge is 0.251 e. The Morgan fingerprint density at radius 1 is 1.38 bits per heavy atom. The molecule has 0 aliphatic carbocycles. The standard InChI is InChI=1S/C15H20N4O2/c20-15(13-2-5-19-12-16-11-14(19)10-13)17-3-1-4-18-6-8-21-9-7-18/h2,5,10-12H,1,3-4,6-9H2,(H,17,20). The van der Waals surface area contributed by atoms with Crippen molar-refractivity contribution in [3.63, 3.8) is 0 Å². The van der Waals surface area contributed by atoms with E-state index in [0.29, 0.717) is 12.1 Å². The Morgan fingerprint density at radius 2 is 2.24 bits per heavy atom. The zero-order chi connectivity index (χ0) is 14.5. The fourth-order valence-corrected chi connectivity index (χ4v) is 2.49. The van der Waals surface area contributed by atoms with Gasteiger partial charge >= 0.3 is 0 Å². The Kier molecular flexibility index (Phi) is 4.47. The van der Waals surface area contributed by atoms with Crippen LogP contribution >= 0.6 is 0 Å². The second-order valence-electron chi connectivity index (χ2n) is 5.20. The third-order valence-corrected chi connectivity index (χ3v) is 3.72. The summed E-state index contributed by atoms with van der Waals surface area (Å²) in [6.07, 6.45) is 6.28. The molecule has 1 aliphatic heterocycles. The first-order valence-electron chi connectivity index (χ1n) is 7.33. The van der Waals surface area contributed by atoms with E-state index in [1.54, 1.807) is 12.5 Å². The van der Waals surface area contributed by atoms with Crippen LogP contribution in [0.1, 0.15) is 16.8 Å². The maximum atomic E-state index is 12.1. The molecule has 0 bridgehead atoms. The highest BCUT2D eigenvalue weighted by atomic mass is 16.5. The highest BCUT2D eigenvalue weighted by molar-refractivity contribution is 5.95. The number of aromatic nitrogens is 2. The van der Waals surface area contributed by atoms with Crippen molar-refractivity contribution in [3.8, 4) is 0 Å². The van der Waals surface area contributed by atoms with Crippen molar-refractivity contribution < 1.29 is 9.53 Å². The van der Waals surface area contributed by atoms with Crippen molar-refractivity contribution in [1.82, 2.24) is 19.6 Å². The van der Waals surface area contributed by atoms with Crippen LogP contribution in [0.4, 0.5) is 0 Å². The molecular formula is C15H20N4O2. The van der Waals surface area contributed by atoms with E-state index in [1.807, 2.05) is 22.7 Å². The quantitative estimate of drug-likeness (QED) is 0.826. The Morgan fingerprint density at radius 3 is 3.10 bits per heavy atom. The fraction of sp³-hybridized carbons (Fsp3) is 0.467. The Balaban J connectivity index is 1.45. The number of pyridine rings is 1. The Labute approximate surface area is 123 Å². The minimum atomic E-state index is -0.0272. The number of hydrogen-bond donors (Lipinski definition) is 1. The van der Waals surface area contributed by atoms with E-state index in [-0.39, 0.29) is 5.91 Å². The summed E-state index contributed by atoms with van der Waals surface area (Å²) in [4.78, 5) is 18.5. The summed E-state index contributed by atoms with van der Waals surface area (Å²) in [6.45, 7) is 5.32. The summed E-state index contributed by atoms with van der Waals surface area (Å²) in [5.74, 6) is -0.0272. The molecule has 1 aliphatic rings. The molecule has 21 heavy (non-hydrogen) atoms. The minimum absolute atomic E-state index is 0.0272. The molecule has 0 aromatic carbocycles. The van der Waals surface area contributed by atoms with E-state index >= 15 is 0 Å². The number of amides is 1. The number of imidazole rings is 1. The third kappa shape index (κ3) is 3.59. The number of carbonyl (C=O) groups excluding carboxylic acids is 1. The number of nitrogens with zero attached hydrogens (tertiary/aromatic N) is 3. The molecular weight excluding hydrogens is 268 g/mol. The molecule has 3 rings (SSSR count). The molecule has 112 valence electrons. The lowest BCUT2D eigenvalue weighted by Gasteiger charge is -2.26. The maximum absolute atomic E-state index is 12.1. The first-order chi connectivity index (χ1) is 10.3. The van der Waals surface area contributed by atoms with Crippen molar-refractivity contribution in [2.75, 3.05) is 39.4 Å². The molecule has 6 nitrogen and oxygen atoms in total. The van der Waals surface area contributed by atoms with Crippen LogP contribution in [0.15, 0.2) is 30.9 Å². The van der Waals surface area contributed by atoms with Gasteiger partial charge in [-0.3, -0.25) is 9.69 Å². The van der Waals surface area contributed by atoms with E-state index in [4.69, 9.17) is 4.74 Å². The average Bonchev–Trinajstić information content (AvgIpc) is 3.00. The Hall–Kier alpha value is -1.92. The molecule has 2 aromatic heterocycles.